The molecule has 0 N–H and O–H groups in total. The molecule has 0 aliphatic rings. The summed E-state index contributed by atoms with van der Waals surface area (Å²) >= 11 is 4.43. The molecule has 14 heavy (non-hydrogen) atoms. The van der Waals surface area contributed by atoms with Crippen LogP contribution in [0.2, 0.25) is 0 Å². The van der Waals surface area contributed by atoms with Gasteiger partial charge in [0.05, 0.1) is 0 Å². The molecule has 0 radical (unpaired) electrons. The molecule has 2 aromatic rings. The van der Waals surface area contributed by atoms with E-state index in [-0.39, 0.29) is 0 Å². The van der Waals surface area contributed by atoms with Gasteiger partial charge in [0.2, 0.25) is 0 Å². The molecular weight excluding hydrogens is 188 g/mol. The van der Waals surface area contributed by atoms with Gasteiger partial charge >= 0.3 is 0 Å². The van der Waals surface area contributed by atoms with Gasteiger partial charge in [0.25, 0.3) is 0 Å². The molecule has 0 bridgehead atoms. The molecule has 0 unspecified atom stereocenters. The van der Waals surface area contributed by atoms with E-state index in [4.69, 9.17) is 0 Å². The second kappa shape index (κ2) is 4.34. The summed E-state index contributed by atoms with van der Waals surface area (Å²) in [5.74, 6) is 0. The Morgan fingerprint density at radius 3 is 2.14 bits per heavy atom. The van der Waals surface area contributed by atoms with Gasteiger partial charge < -0.3 is 0 Å². The Morgan fingerprint density at radius 1 is 0.786 bits per heavy atom. The second-order valence-corrected chi connectivity index (χ2v) is 3.77. The van der Waals surface area contributed by atoms with Gasteiger partial charge in [-0.2, -0.15) is 0 Å². The van der Waals surface area contributed by atoms with E-state index in [2.05, 4.69) is 49.0 Å². The van der Waals surface area contributed by atoms with Crippen LogP contribution in [0.3, 0.4) is 0 Å². The molecule has 0 spiro atoms. The predicted octanol–water partition coefficient (Wildman–Crippen LogP) is 3.57. The summed E-state index contributed by atoms with van der Waals surface area (Å²) in [5.41, 5.74) is 2.61. The van der Waals surface area contributed by atoms with Gasteiger partial charge in [-0.1, -0.05) is 48.5 Å². The molecule has 0 saturated heterocycles. The third kappa shape index (κ3) is 2.18. The first kappa shape index (κ1) is 9.35. The van der Waals surface area contributed by atoms with Crippen molar-refractivity contribution in [2.75, 3.05) is 0 Å². The third-order valence-electron chi connectivity index (χ3n) is 2.23. The lowest BCUT2D eigenvalue weighted by molar-refractivity contribution is 1.13. The molecule has 0 aromatic heterocycles. The average Bonchev–Trinajstić information content (AvgIpc) is 2.23. The van der Waals surface area contributed by atoms with Crippen molar-refractivity contribution < 1.29 is 0 Å². The maximum absolute atomic E-state index is 4.43. The van der Waals surface area contributed by atoms with E-state index in [0.717, 1.165) is 11.3 Å². The molecule has 2 rings (SSSR count). The topological polar surface area (TPSA) is 0 Å². The average molecular weight is 200 g/mol. The van der Waals surface area contributed by atoms with Crippen molar-refractivity contribution in [1.82, 2.24) is 0 Å². The highest BCUT2D eigenvalue weighted by Crippen LogP contribution is 2.16. The summed E-state index contributed by atoms with van der Waals surface area (Å²) < 4.78 is 0. The van der Waals surface area contributed by atoms with E-state index in [0.29, 0.717) is 0 Å². The monoisotopic (exact) mass is 200 g/mol. The molecule has 2 aromatic carbocycles. The Hall–Kier alpha value is -1.21. The lowest BCUT2D eigenvalue weighted by Crippen LogP contribution is -1.88. The van der Waals surface area contributed by atoms with Gasteiger partial charge in [0.15, 0.2) is 0 Å². The Balaban J connectivity index is 2.24. The lowest BCUT2D eigenvalue weighted by Gasteiger charge is -2.04. The van der Waals surface area contributed by atoms with Crippen molar-refractivity contribution in [3.8, 4) is 0 Å². The summed E-state index contributed by atoms with van der Waals surface area (Å²) in [5, 5.41) is 0. The minimum absolute atomic E-state index is 0.959. The molecule has 0 amide bonds. The normalized spacial score (nSPS) is 10.1. The number of benzene rings is 2. The van der Waals surface area contributed by atoms with Gasteiger partial charge in [0, 0.05) is 4.90 Å². The summed E-state index contributed by atoms with van der Waals surface area (Å²) in [6.45, 7) is 0. The summed E-state index contributed by atoms with van der Waals surface area (Å²) in [4.78, 5) is 1.07. The van der Waals surface area contributed by atoms with Crippen LogP contribution in [0.5, 0.6) is 0 Å². The van der Waals surface area contributed by atoms with Crippen molar-refractivity contribution in [1.29, 1.82) is 0 Å². The third-order valence-corrected chi connectivity index (χ3v) is 2.67. The van der Waals surface area contributed by atoms with Crippen LogP contribution in [0.4, 0.5) is 0 Å². The standard InChI is InChI=1S/C13H12S/c14-13-9-5-4-8-12(13)10-11-6-2-1-3-7-11/h1-9,14H,10H2. The first-order chi connectivity index (χ1) is 6.86. The predicted molar refractivity (Wildman–Crippen MR) is 62.9 cm³/mol. The van der Waals surface area contributed by atoms with Crippen LogP contribution >= 0.6 is 12.6 Å². The minimum Gasteiger partial charge on any atom is -0.143 e. The zero-order chi connectivity index (χ0) is 9.80. The fraction of sp³-hybridized carbons (Fsp3) is 0.0769. The highest BCUT2D eigenvalue weighted by atomic mass is 32.1. The van der Waals surface area contributed by atoms with Crippen molar-refractivity contribution in [2.24, 2.45) is 0 Å². The molecular formula is C13H12S. The van der Waals surface area contributed by atoms with E-state index in [1.54, 1.807) is 0 Å². The maximum Gasteiger partial charge on any atom is 0.00754 e. The van der Waals surface area contributed by atoms with Crippen LogP contribution in [0.25, 0.3) is 0 Å². The van der Waals surface area contributed by atoms with Gasteiger partial charge in [-0.25, -0.2) is 0 Å². The quantitative estimate of drug-likeness (QED) is 0.704. The van der Waals surface area contributed by atoms with Crippen molar-refractivity contribution in [3.63, 3.8) is 0 Å². The van der Waals surface area contributed by atoms with Gasteiger partial charge in [-0.15, -0.1) is 12.6 Å². The van der Waals surface area contributed by atoms with Gasteiger partial charge in [0.1, 0.15) is 0 Å². The van der Waals surface area contributed by atoms with Crippen LogP contribution in [0, 0.1) is 0 Å². The van der Waals surface area contributed by atoms with E-state index < -0.39 is 0 Å². The second-order valence-electron chi connectivity index (χ2n) is 3.29. The van der Waals surface area contributed by atoms with Crippen LogP contribution < -0.4 is 0 Å². The molecule has 0 atom stereocenters. The Kier molecular flexibility index (Phi) is 2.90. The van der Waals surface area contributed by atoms with E-state index in [9.17, 15) is 0 Å². The fourth-order valence-electron chi connectivity index (χ4n) is 1.48. The molecule has 0 fully saturated rings. The van der Waals surface area contributed by atoms with Gasteiger partial charge in [-0.05, 0) is 23.6 Å². The van der Waals surface area contributed by atoms with Crippen molar-refractivity contribution >= 4 is 12.6 Å². The number of hydrogen-bond acceptors (Lipinski definition) is 1. The largest absolute Gasteiger partial charge is 0.143 e. The highest BCUT2D eigenvalue weighted by Gasteiger charge is 1.98. The van der Waals surface area contributed by atoms with Crippen molar-refractivity contribution in [3.05, 3.63) is 65.7 Å². The Labute approximate surface area is 90.0 Å². The zero-order valence-corrected chi connectivity index (χ0v) is 8.74. The maximum atomic E-state index is 4.43. The zero-order valence-electron chi connectivity index (χ0n) is 7.85. The number of hydrogen-bond donors (Lipinski definition) is 1. The molecule has 0 aliphatic carbocycles. The van der Waals surface area contributed by atoms with Crippen LogP contribution in [-0.2, 0) is 6.42 Å². The molecule has 0 aliphatic heterocycles. The first-order valence-corrected chi connectivity index (χ1v) is 5.12. The molecule has 0 nitrogen and oxygen atoms in total. The van der Waals surface area contributed by atoms with Crippen molar-refractivity contribution in [2.45, 2.75) is 11.3 Å². The molecule has 70 valence electrons. The van der Waals surface area contributed by atoms with Crippen LogP contribution in [0.1, 0.15) is 11.1 Å². The van der Waals surface area contributed by atoms with E-state index in [1.807, 2.05) is 18.2 Å². The van der Waals surface area contributed by atoms with Gasteiger partial charge in [-0.3, -0.25) is 0 Å². The summed E-state index contributed by atoms with van der Waals surface area (Å²) in [6, 6.07) is 18.7. The molecule has 0 saturated carbocycles. The minimum atomic E-state index is 0.959. The summed E-state index contributed by atoms with van der Waals surface area (Å²) in [6.07, 6.45) is 0.959. The first-order valence-electron chi connectivity index (χ1n) is 4.67. The Morgan fingerprint density at radius 2 is 1.43 bits per heavy atom. The number of rotatable bonds is 2. The SMILES string of the molecule is Sc1ccccc1Cc1ccccc1. The van der Waals surface area contributed by atoms with Crippen LogP contribution in [0.15, 0.2) is 59.5 Å². The van der Waals surface area contributed by atoms with E-state index in [1.165, 1.54) is 11.1 Å². The fourth-order valence-corrected chi connectivity index (χ4v) is 1.72. The highest BCUT2D eigenvalue weighted by molar-refractivity contribution is 7.80. The van der Waals surface area contributed by atoms with Crippen LogP contribution in [-0.4, -0.2) is 0 Å². The van der Waals surface area contributed by atoms with E-state index >= 15 is 0 Å². The Bertz CT molecular complexity index is 407. The molecule has 1 heteroatoms. The lowest BCUT2D eigenvalue weighted by atomic mass is 10.1. The summed E-state index contributed by atoms with van der Waals surface area (Å²) in [7, 11) is 0. The smallest absolute Gasteiger partial charge is 0.00754 e. The number of thiol groups is 1. The molecule has 0 heterocycles.